The van der Waals surface area contributed by atoms with Crippen molar-refractivity contribution >= 4 is 5.69 Å². The maximum atomic E-state index is 5.12. The number of aromatic nitrogens is 2. The van der Waals surface area contributed by atoms with Crippen molar-refractivity contribution in [1.29, 1.82) is 0 Å². The third-order valence-corrected chi connectivity index (χ3v) is 2.68. The van der Waals surface area contributed by atoms with Crippen LogP contribution in [0.3, 0.4) is 0 Å². The Hall–Kier alpha value is -1.81. The van der Waals surface area contributed by atoms with Crippen LogP contribution in [-0.2, 0) is 11.3 Å². The van der Waals surface area contributed by atoms with Gasteiger partial charge in [0.05, 0.1) is 12.9 Å². The van der Waals surface area contributed by atoms with E-state index in [0.29, 0.717) is 12.6 Å². The van der Waals surface area contributed by atoms with Crippen molar-refractivity contribution in [2.45, 2.75) is 19.5 Å². The largest absolute Gasteiger partial charge is 0.383 e. The highest BCUT2D eigenvalue weighted by molar-refractivity contribution is 5.46. The van der Waals surface area contributed by atoms with E-state index in [2.05, 4.69) is 46.1 Å². The van der Waals surface area contributed by atoms with Crippen LogP contribution in [0, 0.1) is 0 Å². The van der Waals surface area contributed by atoms with E-state index in [1.165, 1.54) is 5.56 Å². The molecule has 0 saturated heterocycles. The second kappa shape index (κ2) is 6.21. The number of imidazole rings is 1. The molecule has 0 radical (unpaired) electrons. The standard InChI is InChI=1S/C14H19N3O/c1-12(10-18-2)16-14-5-3-4-13(8-14)9-17-7-6-15-11-17/h3-8,11-12,16H,9-10H2,1-2H3. The molecule has 1 atom stereocenters. The van der Waals surface area contributed by atoms with E-state index in [1.807, 2.05) is 12.5 Å². The number of hydrogen-bond acceptors (Lipinski definition) is 3. The lowest BCUT2D eigenvalue weighted by atomic mass is 10.2. The molecule has 0 spiro atoms. The zero-order chi connectivity index (χ0) is 12.8. The molecule has 0 bridgehead atoms. The molecule has 2 rings (SSSR count). The number of hydrogen-bond donors (Lipinski definition) is 1. The first kappa shape index (κ1) is 12.6. The van der Waals surface area contributed by atoms with Gasteiger partial charge in [-0.25, -0.2) is 4.98 Å². The van der Waals surface area contributed by atoms with Gasteiger partial charge < -0.3 is 14.6 Å². The third-order valence-electron chi connectivity index (χ3n) is 2.68. The zero-order valence-corrected chi connectivity index (χ0v) is 10.8. The third kappa shape index (κ3) is 3.60. The number of rotatable bonds is 6. The normalized spacial score (nSPS) is 12.3. The predicted octanol–water partition coefficient (Wildman–Crippen LogP) is 2.38. The molecule has 0 aliphatic carbocycles. The molecule has 1 aromatic heterocycles. The van der Waals surface area contributed by atoms with Crippen molar-refractivity contribution in [3.63, 3.8) is 0 Å². The Morgan fingerprint density at radius 3 is 3.06 bits per heavy atom. The molecule has 1 unspecified atom stereocenters. The minimum atomic E-state index is 0.304. The lowest BCUT2D eigenvalue weighted by Gasteiger charge is -2.15. The fourth-order valence-corrected chi connectivity index (χ4v) is 1.93. The van der Waals surface area contributed by atoms with E-state index in [-0.39, 0.29) is 0 Å². The van der Waals surface area contributed by atoms with E-state index >= 15 is 0 Å². The fraction of sp³-hybridized carbons (Fsp3) is 0.357. The van der Waals surface area contributed by atoms with Crippen LogP contribution in [0.1, 0.15) is 12.5 Å². The zero-order valence-electron chi connectivity index (χ0n) is 10.8. The molecule has 18 heavy (non-hydrogen) atoms. The van der Waals surface area contributed by atoms with Crippen molar-refractivity contribution in [2.75, 3.05) is 19.0 Å². The summed E-state index contributed by atoms with van der Waals surface area (Å²) in [6.07, 6.45) is 5.59. The quantitative estimate of drug-likeness (QED) is 0.849. The van der Waals surface area contributed by atoms with Crippen LogP contribution in [0.4, 0.5) is 5.69 Å². The smallest absolute Gasteiger partial charge is 0.0949 e. The second-order valence-corrected chi connectivity index (χ2v) is 4.44. The second-order valence-electron chi connectivity index (χ2n) is 4.44. The summed E-state index contributed by atoms with van der Waals surface area (Å²) < 4.78 is 7.17. The van der Waals surface area contributed by atoms with Gasteiger partial charge in [0.15, 0.2) is 0 Å². The first-order valence-corrected chi connectivity index (χ1v) is 6.08. The van der Waals surface area contributed by atoms with Gasteiger partial charge in [0.2, 0.25) is 0 Å². The highest BCUT2D eigenvalue weighted by Crippen LogP contribution is 2.13. The van der Waals surface area contributed by atoms with Gasteiger partial charge in [-0.3, -0.25) is 0 Å². The van der Waals surface area contributed by atoms with Crippen molar-refractivity contribution in [2.24, 2.45) is 0 Å². The lowest BCUT2D eigenvalue weighted by molar-refractivity contribution is 0.190. The molecule has 4 nitrogen and oxygen atoms in total. The number of anilines is 1. The highest BCUT2D eigenvalue weighted by atomic mass is 16.5. The van der Waals surface area contributed by atoms with Gasteiger partial charge >= 0.3 is 0 Å². The molecule has 0 fully saturated rings. The summed E-state index contributed by atoms with van der Waals surface area (Å²) in [6.45, 7) is 3.64. The molecule has 1 N–H and O–H groups in total. The van der Waals surface area contributed by atoms with Crippen molar-refractivity contribution < 1.29 is 4.74 Å². The summed E-state index contributed by atoms with van der Waals surface area (Å²) >= 11 is 0. The maximum Gasteiger partial charge on any atom is 0.0949 e. The number of methoxy groups -OCH3 is 1. The Morgan fingerprint density at radius 2 is 2.33 bits per heavy atom. The average Bonchev–Trinajstić information content (AvgIpc) is 2.82. The Labute approximate surface area is 108 Å². The summed E-state index contributed by atoms with van der Waals surface area (Å²) in [6, 6.07) is 8.72. The molecule has 0 aliphatic heterocycles. The lowest BCUT2D eigenvalue weighted by Crippen LogP contribution is -2.20. The average molecular weight is 245 g/mol. The topological polar surface area (TPSA) is 39.1 Å². The SMILES string of the molecule is COCC(C)Nc1cccc(Cn2ccnc2)c1. The monoisotopic (exact) mass is 245 g/mol. The van der Waals surface area contributed by atoms with Crippen molar-refractivity contribution in [3.8, 4) is 0 Å². The summed E-state index contributed by atoms with van der Waals surface area (Å²) in [5, 5.41) is 3.41. The van der Waals surface area contributed by atoms with Crippen LogP contribution >= 0.6 is 0 Å². The van der Waals surface area contributed by atoms with Crippen LogP contribution < -0.4 is 5.32 Å². The van der Waals surface area contributed by atoms with Crippen molar-refractivity contribution in [3.05, 3.63) is 48.5 Å². The molecule has 1 aromatic carbocycles. The van der Waals surface area contributed by atoms with Gasteiger partial charge in [-0.2, -0.15) is 0 Å². The highest BCUT2D eigenvalue weighted by Gasteiger charge is 2.02. The number of benzene rings is 1. The number of nitrogens with zero attached hydrogens (tertiary/aromatic N) is 2. The minimum absolute atomic E-state index is 0.304. The van der Waals surface area contributed by atoms with Crippen LogP contribution in [0.15, 0.2) is 43.0 Å². The van der Waals surface area contributed by atoms with E-state index in [0.717, 1.165) is 12.2 Å². The van der Waals surface area contributed by atoms with Gasteiger partial charge in [0, 0.05) is 37.8 Å². The summed E-state index contributed by atoms with van der Waals surface area (Å²) in [5.41, 5.74) is 2.37. The maximum absolute atomic E-state index is 5.12. The van der Waals surface area contributed by atoms with Gasteiger partial charge in [-0.05, 0) is 24.6 Å². The van der Waals surface area contributed by atoms with E-state index < -0.39 is 0 Å². The predicted molar refractivity (Wildman–Crippen MR) is 72.7 cm³/mol. The molecule has 0 saturated carbocycles. The molecular formula is C14H19N3O. The van der Waals surface area contributed by atoms with E-state index in [9.17, 15) is 0 Å². The van der Waals surface area contributed by atoms with Gasteiger partial charge in [-0.1, -0.05) is 12.1 Å². The van der Waals surface area contributed by atoms with Crippen LogP contribution in [0.25, 0.3) is 0 Å². The Bertz CT molecular complexity index is 468. The molecule has 2 aromatic rings. The molecule has 4 heteroatoms. The van der Waals surface area contributed by atoms with Gasteiger partial charge in [-0.15, -0.1) is 0 Å². The van der Waals surface area contributed by atoms with E-state index in [1.54, 1.807) is 13.3 Å². The van der Waals surface area contributed by atoms with Crippen LogP contribution in [0.5, 0.6) is 0 Å². The summed E-state index contributed by atoms with van der Waals surface area (Å²) in [5.74, 6) is 0. The molecule has 0 amide bonds. The van der Waals surface area contributed by atoms with Gasteiger partial charge in [0.25, 0.3) is 0 Å². The Morgan fingerprint density at radius 1 is 1.44 bits per heavy atom. The molecule has 96 valence electrons. The Kier molecular flexibility index (Phi) is 4.36. The minimum Gasteiger partial charge on any atom is -0.383 e. The van der Waals surface area contributed by atoms with E-state index in [4.69, 9.17) is 4.74 Å². The molecule has 0 aliphatic rings. The fourth-order valence-electron chi connectivity index (χ4n) is 1.93. The van der Waals surface area contributed by atoms with Gasteiger partial charge in [0.1, 0.15) is 0 Å². The van der Waals surface area contributed by atoms with Crippen LogP contribution in [0.2, 0.25) is 0 Å². The van der Waals surface area contributed by atoms with Crippen molar-refractivity contribution in [1.82, 2.24) is 9.55 Å². The molecular weight excluding hydrogens is 226 g/mol. The molecule has 1 heterocycles. The Balaban J connectivity index is 2.01. The summed E-state index contributed by atoms with van der Waals surface area (Å²) in [7, 11) is 1.72. The first-order valence-electron chi connectivity index (χ1n) is 6.08. The number of ether oxygens (including phenoxy) is 1. The summed E-state index contributed by atoms with van der Waals surface area (Å²) in [4.78, 5) is 4.04. The first-order chi connectivity index (χ1) is 8.78. The van der Waals surface area contributed by atoms with Crippen LogP contribution in [-0.4, -0.2) is 29.3 Å². The number of nitrogens with one attached hydrogen (secondary N) is 1.